The largest absolute Gasteiger partial charge is 0.478 e. The lowest BCUT2D eigenvalue weighted by Crippen LogP contribution is -2.27. The van der Waals surface area contributed by atoms with Crippen LogP contribution >= 0.6 is 0 Å². The molecule has 1 aliphatic rings. The number of aromatic carboxylic acids is 1. The summed E-state index contributed by atoms with van der Waals surface area (Å²) in [6.07, 6.45) is 1.01. The van der Waals surface area contributed by atoms with Crippen LogP contribution in [0.3, 0.4) is 0 Å². The highest BCUT2D eigenvalue weighted by atomic mass is 16.5. The molecular weight excluding hydrogens is 232 g/mol. The molecule has 1 heterocycles. The van der Waals surface area contributed by atoms with Gasteiger partial charge in [0.25, 0.3) is 0 Å². The van der Waals surface area contributed by atoms with Gasteiger partial charge in [0, 0.05) is 29.9 Å². The lowest BCUT2D eigenvalue weighted by molar-refractivity contribution is 0.0698. The highest BCUT2D eigenvalue weighted by Gasteiger charge is 2.23. The third kappa shape index (κ3) is 2.73. The summed E-state index contributed by atoms with van der Waals surface area (Å²) in [5.41, 5.74) is 6.88. The number of ether oxygens (including phenoxy) is 1. The minimum Gasteiger partial charge on any atom is -0.478 e. The molecule has 1 aliphatic heterocycles. The van der Waals surface area contributed by atoms with Gasteiger partial charge >= 0.3 is 5.97 Å². The average molecular weight is 250 g/mol. The van der Waals surface area contributed by atoms with E-state index in [9.17, 15) is 4.79 Å². The number of carboxylic acid groups (broad SMARTS) is 1. The fourth-order valence-electron chi connectivity index (χ4n) is 2.17. The van der Waals surface area contributed by atoms with Gasteiger partial charge in [-0.2, -0.15) is 0 Å². The minimum atomic E-state index is -0.973. The Morgan fingerprint density at radius 2 is 2.39 bits per heavy atom. The van der Waals surface area contributed by atoms with E-state index >= 15 is 0 Å². The van der Waals surface area contributed by atoms with Crippen molar-refractivity contribution in [2.45, 2.75) is 19.4 Å². The highest BCUT2D eigenvalue weighted by Crippen LogP contribution is 2.24. The molecule has 0 amide bonds. The molecule has 5 heteroatoms. The number of carboxylic acids is 1. The van der Waals surface area contributed by atoms with Crippen LogP contribution in [0.25, 0.3) is 0 Å². The second kappa shape index (κ2) is 5.27. The summed E-state index contributed by atoms with van der Waals surface area (Å²) >= 11 is 0. The third-order valence-corrected chi connectivity index (χ3v) is 3.33. The zero-order valence-corrected chi connectivity index (χ0v) is 10.3. The van der Waals surface area contributed by atoms with E-state index in [1.54, 1.807) is 12.1 Å². The Morgan fingerprint density at radius 1 is 1.61 bits per heavy atom. The summed E-state index contributed by atoms with van der Waals surface area (Å²) in [5.74, 6) is -0.552. The van der Waals surface area contributed by atoms with Gasteiger partial charge in [-0.25, -0.2) is 4.79 Å². The van der Waals surface area contributed by atoms with Crippen molar-refractivity contribution in [3.05, 3.63) is 23.8 Å². The number of rotatable bonds is 4. The first kappa shape index (κ1) is 12.7. The van der Waals surface area contributed by atoms with Gasteiger partial charge in [0.2, 0.25) is 0 Å². The lowest BCUT2D eigenvalue weighted by Gasteiger charge is -2.21. The molecule has 4 N–H and O–H groups in total. The smallest absolute Gasteiger partial charge is 0.337 e. The molecule has 98 valence electrons. The molecule has 1 fully saturated rings. The van der Waals surface area contributed by atoms with E-state index in [-0.39, 0.29) is 11.6 Å². The fourth-order valence-corrected chi connectivity index (χ4v) is 2.17. The van der Waals surface area contributed by atoms with Crippen LogP contribution in [0.4, 0.5) is 11.4 Å². The van der Waals surface area contributed by atoms with Gasteiger partial charge in [-0.3, -0.25) is 0 Å². The van der Waals surface area contributed by atoms with Crippen molar-refractivity contribution < 1.29 is 14.6 Å². The number of anilines is 2. The predicted molar refractivity (Wildman–Crippen MR) is 69.8 cm³/mol. The number of hydrogen-bond acceptors (Lipinski definition) is 4. The number of nitrogens with two attached hydrogens (primary N) is 1. The SMILES string of the molecule is CC(Nc1ccc(N)cc1C(=O)O)C1CCOC1. The van der Waals surface area contributed by atoms with Crippen LogP contribution in [0, 0.1) is 5.92 Å². The Balaban J connectivity index is 2.15. The highest BCUT2D eigenvalue weighted by molar-refractivity contribution is 5.95. The number of benzene rings is 1. The zero-order valence-electron chi connectivity index (χ0n) is 10.3. The molecule has 18 heavy (non-hydrogen) atoms. The summed E-state index contributed by atoms with van der Waals surface area (Å²) in [7, 11) is 0. The molecule has 1 saturated heterocycles. The van der Waals surface area contributed by atoms with Gasteiger partial charge in [-0.1, -0.05) is 0 Å². The first-order chi connectivity index (χ1) is 8.58. The predicted octanol–water partition coefficient (Wildman–Crippen LogP) is 1.80. The maximum Gasteiger partial charge on any atom is 0.337 e. The molecule has 2 unspecified atom stereocenters. The van der Waals surface area contributed by atoms with Crippen LogP contribution in [-0.4, -0.2) is 30.3 Å². The Hall–Kier alpha value is -1.75. The molecule has 1 aromatic rings. The van der Waals surface area contributed by atoms with E-state index in [1.807, 2.05) is 6.92 Å². The summed E-state index contributed by atoms with van der Waals surface area (Å²) in [6.45, 7) is 3.55. The Kier molecular flexibility index (Phi) is 3.72. The Bertz CT molecular complexity index is 442. The van der Waals surface area contributed by atoms with E-state index in [4.69, 9.17) is 15.6 Å². The second-order valence-corrected chi connectivity index (χ2v) is 4.67. The molecule has 0 aliphatic carbocycles. The van der Waals surface area contributed by atoms with Crippen molar-refractivity contribution in [2.24, 2.45) is 5.92 Å². The summed E-state index contributed by atoms with van der Waals surface area (Å²) < 4.78 is 5.34. The van der Waals surface area contributed by atoms with Crippen molar-refractivity contribution in [3.63, 3.8) is 0 Å². The minimum absolute atomic E-state index is 0.175. The van der Waals surface area contributed by atoms with Crippen molar-refractivity contribution >= 4 is 17.3 Å². The number of nitrogen functional groups attached to an aromatic ring is 1. The third-order valence-electron chi connectivity index (χ3n) is 3.33. The van der Waals surface area contributed by atoms with E-state index in [2.05, 4.69) is 5.32 Å². The summed E-state index contributed by atoms with van der Waals surface area (Å²) in [6, 6.07) is 5.06. The molecule has 0 radical (unpaired) electrons. The van der Waals surface area contributed by atoms with Gasteiger partial charge in [-0.05, 0) is 31.5 Å². The van der Waals surface area contributed by atoms with Crippen molar-refractivity contribution in [1.82, 2.24) is 0 Å². The number of carbonyl (C=O) groups is 1. The fraction of sp³-hybridized carbons (Fsp3) is 0.462. The van der Waals surface area contributed by atoms with Crippen molar-refractivity contribution in [1.29, 1.82) is 0 Å². The van der Waals surface area contributed by atoms with Crippen LogP contribution in [-0.2, 0) is 4.74 Å². The first-order valence-electron chi connectivity index (χ1n) is 6.05. The Labute approximate surface area is 106 Å². The van der Waals surface area contributed by atoms with E-state index < -0.39 is 5.97 Å². The van der Waals surface area contributed by atoms with E-state index in [1.165, 1.54) is 6.07 Å². The van der Waals surface area contributed by atoms with Crippen LogP contribution in [0.5, 0.6) is 0 Å². The molecule has 0 spiro atoms. The van der Waals surface area contributed by atoms with Crippen molar-refractivity contribution in [2.75, 3.05) is 24.3 Å². The van der Waals surface area contributed by atoms with Crippen LogP contribution < -0.4 is 11.1 Å². The van der Waals surface area contributed by atoms with Crippen molar-refractivity contribution in [3.8, 4) is 0 Å². The maximum absolute atomic E-state index is 11.2. The topological polar surface area (TPSA) is 84.6 Å². The van der Waals surface area contributed by atoms with Gasteiger partial charge in [0.15, 0.2) is 0 Å². The molecule has 2 atom stereocenters. The Morgan fingerprint density at radius 3 is 3.00 bits per heavy atom. The van der Waals surface area contributed by atoms with E-state index in [0.29, 0.717) is 17.3 Å². The zero-order chi connectivity index (χ0) is 13.1. The molecule has 0 bridgehead atoms. The monoisotopic (exact) mass is 250 g/mol. The molecule has 1 aromatic carbocycles. The number of hydrogen-bond donors (Lipinski definition) is 3. The molecular formula is C13H18N2O3. The van der Waals surface area contributed by atoms with Crippen LogP contribution in [0.2, 0.25) is 0 Å². The van der Waals surface area contributed by atoms with Gasteiger partial charge < -0.3 is 20.9 Å². The molecule has 2 rings (SSSR count). The molecule has 5 nitrogen and oxygen atoms in total. The van der Waals surface area contributed by atoms with Gasteiger partial charge in [-0.15, -0.1) is 0 Å². The number of nitrogens with one attached hydrogen (secondary N) is 1. The normalized spacial score (nSPS) is 20.6. The van der Waals surface area contributed by atoms with Crippen LogP contribution in [0.1, 0.15) is 23.7 Å². The quantitative estimate of drug-likeness (QED) is 0.710. The van der Waals surface area contributed by atoms with Gasteiger partial charge in [0.05, 0.1) is 12.2 Å². The average Bonchev–Trinajstić information content (AvgIpc) is 2.84. The summed E-state index contributed by atoms with van der Waals surface area (Å²) in [4.78, 5) is 11.2. The van der Waals surface area contributed by atoms with Gasteiger partial charge in [0.1, 0.15) is 0 Å². The molecule has 0 aromatic heterocycles. The molecule has 0 saturated carbocycles. The standard InChI is InChI=1S/C13H18N2O3/c1-8(9-4-5-18-7-9)15-12-3-2-10(14)6-11(12)13(16)17/h2-3,6,8-9,15H,4-5,7,14H2,1H3,(H,16,17). The van der Waals surface area contributed by atoms with Crippen LogP contribution in [0.15, 0.2) is 18.2 Å². The summed E-state index contributed by atoms with van der Waals surface area (Å²) in [5, 5.41) is 12.4. The first-order valence-corrected chi connectivity index (χ1v) is 6.05. The second-order valence-electron chi connectivity index (χ2n) is 4.67. The lowest BCUT2D eigenvalue weighted by atomic mass is 10.00. The van der Waals surface area contributed by atoms with E-state index in [0.717, 1.165) is 19.6 Å². The maximum atomic E-state index is 11.2.